The van der Waals surface area contributed by atoms with Crippen LogP contribution in [0.3, 0.4) is 0 Å². The first-order valence-electron chi connectivity index (χ1n) is 10.2. The first-order chi connectivity index (χ1) is 17.0. The van der Waals surface area contributed by atoms with Crippen molar-refractivity contribution in [3.8, 4) is 5.75 Å². The number of amides is 1. The molecule has 0 aliphatic rings. The average molecular weight is 551 g/mol. The third-order valence-corrected chi connectivity index (χ3v) is 6.59. The number of rotatable bonds is 10. The third-order valence-electron chi connectivity index (χ3n) is 4.71. The van der Waals surface area contributed by atoms with Gasteiger partial charge in [-0.2, -0.15) is 5.10 Å². The van der Waals surface area contributed by atoms with Crippen molar-refractivity contribution in [2.75, 3.05) is 17.1 Å². The Kier molecular flexibility index (Phi) is 8.86. The van der Waals surface area contributed by atoms with Crippen molar-refractivity contribution in [2.45, 2.75) is 6.61 Å². The zero-order valence-electron chi connectivity index (χ0n) is 18.8. The Morgan fingerprint density at radius 3 is 2.33 bits per heavy atom. The molecule has 0 atom stereocenters. The van der Waals surface area contributed by atoms with E-state index in [9.17, 15) is 23.3 Å². The van der Waals surface area contributed by atoms with Crippen molar-refractivity contribution < 1.29 is 22.9 Å². The van der Waals surface area contributed by atoms with Crippen molar-refractivity contribution in [1.29, 1.82) is 0 Å². The molecule has 0 bridgehead atoms. The van der Waals surface area contributed by atoms with Crippen LogP contribution >= 0.6 is 23.2 Å². The molecule has 3 rings (SSSR count). The maximum absolute atomic E-state index is 12.3. The molecule has 36 heavy (non-hydrogen) atoms. The molecule has 0 aliphatic carbocycles. The zero-order chi connectivity index (χ0) is 26.3. The Morgan fingerprint density at radius 2 is 1.75 bits per heavy atom. The number of benzene rings is 3. The number of sulfonamides is 1. The molecule has 0 aliphatic heterocycles. The lowest BCUT2D eigenvalue weighted by atomic mass is 10.2. The van der Waals surface area contributed by atoms with Gasteiger partial charge in [0, 0.05) is 12.1 Å². The largest absolute Gasteiger partial charge is 0.489 e. The van der Waals surface area contributed by atoms with Gasteiger partial charge in [-0.05, 0) is 65.7 Å². The number of halogens is 2. The summed E-state index contributed by atoms with van der Waals surface area (Å²) in [5, 5.41) is 15.0. The smallest absolute Gasteiger partial charge is 0.269 e. The van der Waals surface area contributed by atoms with E-state index in [0.717, 1.165) is 16.1 Å². The molecule has 13 heteroatoms. The second-order valence-electron chi connectivity index (χ2n) is 7.44. The maximum Gasteiger partial charge on any atom is 0.269 e. The molecular formula is C23H20Cl2N4O6S. The van der Waals surface area contributed by atoms with Crippen molar-refractivity contribution in [2.24, 2.45) is 5.10 Å². The quantitative estimate of drug-likeness (QED) is 0.226. The Balaban J connectivity index is 1.54. The number of non-ortho nitro benzene ring substituents is 1. The lowest BCUT2D eigenvalue weighted by molar-refractivity contribution is -0.384. The molecule has 0 spiro atoms. The van der Waals surface area contributed by atoms with E-state index in [4.69, 9.17) is 27.9 Å². The Labute approximate surface area is 217 Å². The van der Waals surface area contributed by atoms with E-state index in [1.54, 1.807) is 36.4 Å². The normalized spacial score (nSPS) is 11.3. The summed E-state index contributed by atoms with van der Waals surface area (Å²) in [7, 11) is -3.78. The van der Waals surface area contributed by atoms with Crippen LogP contribution in [0.1, 0.15) is 11.1 Å². The van der Waals surface area contributed by atoms with Crippen LogP contribution in [0.25, 0.3) is 0 Å². The lowest BCUT2D eigenvalue weighted by Gasteiger charge is -2.21. The fourth-order valence-corrected chi connectivity index (χ4v) is 4.06. The number of hydrogen-bond acceptors (Lipinski definition) is 7. The molecule has 0 unspecified atom stereocenters. The topological polar surface area (TPSA) is 131 Å². The van der Waals surface area contributed by atoms with E-state index >= 15 is 0 Å². The maximum atomic E-state index is 12.3. The van der Waals surface area contributed by atoms with Crippen LogP contribution < -0.4 is 14.5 Å². The summed E-state index contributed by atoms with van der Waals surface area (Å²) >= 11 is 11.8. The van der Waals surface area contributed by atoms with E-state index in [1.165, 1.54) is 36.5 Å². The molecular weight excluding hydrogens is 531 g/mol. The summed E-state index contributed by atoms with van der Waals surface area (Å²) < 4.78 is 30.9. The van der Waals surface area contributed by atoms with Crippen molar-refractivity contribution >= 4 is 56.7 Å². The summed E-state index contributed by atoms with van der Waals surface area (Å²) in [5.41, 5.74) is 3.92. The van der Waals surface area contributed by atoms with Gasteiger partial charge in [0.2, 0.25) is 10.0 Å². The Bertz CT molecular complexity index is 1380. The molecule has 3 aromatic carbocycles. The van der Waals surface area contributed by atoms with Gasteiger partial charge in [0.05, 0.1) is 33.1 Å². The fraction of sp³-hybridized carbons (Fsp3) is 0.130. The summed E-state index contributed by atoms with van der Waals surface area (Å²) in [6, 6.07) is 17.1. The number of carbonyl (C=O) groups is 1. The minimum atomic E-state index is -3.78. The van der Waals surface area contributed by atoms with Gasteiger partial charge in [0.1, 0.15) is 18.9 Å². The molecule has 188 valence electrons. The highest BCUT2D eigenvalue weighted by atomic mass is 35.5. The van der Waals surface area contributed by atoms with Gasteiger partial charge in [-0.1, -0.05) is 23.2 Å². The number of carbonyl (C=O) groups excluding carboxylic acids is 1. The number of hydrogen-bond donors (Lipinski definition) is 1. The van der Waals surface area contributed by atoms with Crippen LogP contribution in [0.15, 0.2) is 71.8 Å². The van der Waals surface area contributed by atoms with Crippen LogP contribution in [-0.2, 0) is 21.4 Å². The van der Waals surface area contributed by atoms with Gasteiger partial charge in [-0.15, -0.1) is 0 Å². The minimum Gasteiger partial charge on any atom is -0.489 e. The summed E-state index contributed by atoms with van der Waals surface area (Å²) in [6.45, 7) is -0.277. The number of nitro groups is 1. The van der Waals surface area contributed by atoms with Crippen LogP contribution in [0.2, 0.25) is 10.0 Å². The molecule has 0 heterocycles. The number of hydrazone groups is 1. The molecule has 0 fully saturated rings. The van der Waals surface area contributed by atoms with Crippen molar-refractivity contribution in [1.82, 2.24) is 5.43 Å². The van der Waals surface area contributed by atoms with E-state index in [2.05, 4.69) is 10.5 Å². The van der Waals surface area contributed by atoms with Gasteiger partial charge in [-0.25, -0.2) is 13.8 Å². The highest BCUT2D eigenvalue weighted by Crippen LogP contribution is 2.28. The molecule has 0 saturated heterocycles. The predicted octanol–water partition coefficient (Wildman–Crippen LogP) is 4.40. The second-order valence-corrected chi connectivity index (χ2v) is 10.2. The number of nitro benzene ring substituents is 1. The first kappa shape index (κ1) is 26.9. The standard InChI is InChI=1S/C23H20Cl2N4O6S/c1-36(33,34)28(19-8-11-21(24)22(25)12-19)14-23(30)27-26-13-16-4-9-20(10-5-16)35-15-17-2-6-18(7-3-17)29(31)32/h2-13H,14-15H2,1H3,(H,27,30). The van der Waals surface area contributed by atoms with E-state index in [-0.39, 0.29) is 28.0 Å². The van der Waals surface area contributed by atoms with Crippen molar-refractivity contribution in [3.63, 3.8) is 0 Å². The molecule has 1 amide bonds. The second kappa shape index (κ2) is 11.8. The number of anilines is 1. The molecule has 0 aromatic heterocycles. The van der Waals surface area contributed by atoms with Gasteiger partial charge < -0.3 is 4.74 Å². The van der Waals surface area contributed by atoms with Gasteiger partial charge in [0.25, 0.3) is 11.6 Å². The van der Waals surface area contributed by atoms with E-state index < -0.39 is 27.4 Å². The van der Waals surface area contributed by atoms with Crippen LogP contribution in [0, 0.1) is 10.1 Å². The Hall–Kier alpha value is -3.67. The highest BCUT2D eigenvalue weighted by molar-refractivity contribution is 7.92. The molecule has 1 N–H and O–H groups in total. The molecule has 3 aromatic rings. The minimum absolute atomic E-state index is 0.00730. The monoisotopic (exact) mass is 550 g/mol. The average Bonchev–Trinajstić information content (AvgIpc) is 2.83. The summed E-state index contributed by atoms with van der Waals surface area (Å²) in [5.74, 6) is -0.0919. The van der Waals surface area contributed by atoms with E-state index in [0.29, 0.717) is 11.3 Å². The van der Waals surface area contributed by atoms with Crippen LogP contribution in [0.4, 0.5) is 11.4 Å². The summed E-state index contributed by atoms with van der Waals surface area (Å²) in [4.78, 5) is 22.5. The number of nitrogens with one attached hydrogen (secondary N) is 1. The molecule has 10 nitrogen and oxygen atoms in total. The number of nitrogens with zero attached hydrogens (tertiary/aromatic N) is 3. The third kappa shape index (κ3) is 7.67. The predicted molar refractivity (Wildman–Crippen MR) is 138 cm³/mol. The number of ether oxygens (including phenoxy) is 1. The zero-order valence-corrected chi connectivity index (χ0v) is 21.1. The molecule has 0 saturated carbocycles. The lowest BCUT2D eigenvalue weighted by Crippen LogP contribution is -2.39. The first-order valence-corrected chi connectivity index (χ1v) is 12.8. The van der Waals surface area contributed by atoms with Crippen LogP contribution in [-0.4, -0.2) is 38.3 Å². The van der Waals surface area contributed by atoms with Gasteiger partial charge in [-0.3, -0.25) is 19.2 Å². The SMILES string of the molecule is CS(=O)(=O)N(CC(=O)NN=Cc1ccc(OCc2ccc([N+](=O)[O-])cc2)cc1)c1ccc(Cl)c(Cl)c1. The van der Waals surface area contributed by atoms with E-state index in [1.807, 2.05) is 0 Å². The van der Waals surface area contributed by atoms with Gasteiger partial charge in [0.15, 0.2) is 0 Å². The Morgan fingerprint density at radius 1 is 1.08 bits per heavy atom. The fourth-order valence-electron chi connectivity index (χ4n) is 2.92. The summed E-state index contributed by atoms with van der Waals surface area (Å²) in [6.07, 6.45) is 2.36. The van der Waals surface area contributed by atoms with Gasteiger partial charge >= 0.3 is 0 Å². The van der Waals surface area contributed by atoms with Crippen LogP contribution in [0.5, 0.6) is 5.75 Å². The molecule has 0 radical (unpaired) electrons. The highest BCUT2D eigenvalue weighted by Gasteiger charge is 2.21. The van der Waals surface area contributed by atoms with Crippen molar-refractivity contribution in [3.05, 3.63) is 98.0 Å².